The van der Waals surface area contributed by atoms with Crippen LogP contribution in [0.25, 0.3) is 0 Å². The minimum absolute atomic E-state index is 0.0216. The summed E-state index contributed by atoms with van der Waals surface area (Å²) in [5.41, 5.74) is 5.76. The molecule has 0 radical (unpaired) electrons. The van der Waals surface area contributed by atoms with Gasteiger partial charge in [0.2, 0.25) is 0 Å². The molecule has 2 rings (SSSR count). The number of aromatic nitrogens is 2. The molecule has 0 bridgehead atoms. The molecule has 0 amide bonds. The van der Waals surface area contributed by atoms with Crippen molar-refractivity contribution < 1.29 is 0 Å². The number of nitrogens with two attached hydrogens (primary N) is 1. The van der Waals surface area contributed by atoms with Gasteiger partial charge < -0.3 is 15.2 Å². The fourth-order valence-electron chi connectivity index (χ4n) is 3.04. The quantitative estimate of drug-likeness (QED) is 0.861. The van der Waals surface area contributed by atoms with Gasteiger partial charge in [-0.15, -0.1) is 0 Å². The van der Waals surface area contributed by atoms with E-state index < -0.39 is 0 Å². The summed E-state index contributed by atoms with van der Waals surface area (Å²) in [5, 5.41) is 0. The van der Waals surface area contributed by atoms with E-state index in [4.69, 9.17) is 5.73 Å². The summed E-state index contributed by atoms with van der Waals surface area (Å²) in [6.07, 6.45) is 10.5. The molecule has 112 valence electrons. The molecule has 1 aliphatic rings. The topological polar surface area (TPSA) is 64.2 Å². The lowest BCUT2D eigenvalue weighted by Crippen LogP contribution is -2.44. The molecule has 2 N–H and O–H groups in total. The van der Waals surface area contributed by atoms with Gasteiger partial charge in [0.15, 0.2) is 5.82 Å². The van der Waals surface area contributed by atoms with Gasteiger partial charge in [0.05, 0.1) is 0 Å². The first-order chi connectivity index (χ1) is 9.77. The predicted molar refractivity (Wildman–Crippen MR) is 82.1 cm³/mol. The third kappa shape index (κ3) is 3.39. The first-order valence-corrected chi connectivity index (χ1v) is 7.80. The number of aryl methyl sites for hydroxylation is 1. The molecule has 0 spiro atoms. The average molecular weight is 278 g/mol. The molecule has 5 nitrogen and oxygen atoms in total. The van der Waals surface area contributed by atoms with E-state index in [0.717, 1.165) is 25.8 Å². The zero-order chi connectivity index (χ0) is 14.4. The maximum Gasteiger partial charge on any atom is 0.293 e. The molecule has 1 aromatic heterocycles. The Bertz CT molecular complexity index is 465. The summed E-state index contributed by atoms with van der Waals surface area (Å²) in [7, 11) is 0. The van der Waals surface area contributed by atoms with Gasteiger partial charge in [-0.25, -0.2) is 4.98 Å². The molecule has 0 aliphatic heterocycles. The van der Waals surface area contributed by atoms with E-state index in [1.807, 2.05) is 0 Å². The van der Waals surface area contributed by atoms with Crippen molar-refractivity contribution in [3.05, 3.63) is 22.7 Å². The third-order valence-corrected chi connectivity index (χ3v) is 4.02. The van der Waals surface area contributed by atoms with E-state index >= 15 is 0 Å². The van der Waals surface area contributed by atoms with Crippen LogP contribution in [0.5, 0.6) is 0 Å². The lowest BCUT2D eigenvalue weighted by Gasteiger charge is -2.34. The second kappa shape index (κ2) is 7.43. The molecule has 1 aliphatic carbocycles. The highest BCUT2D eigenvalue weighted by molar-refractivity contribution is 5.37. The van der Waals surface area contributed by atoms with Crippen molar-refractivity contribution in [3.63, 3.8) is 0 Å². The molecular formula is C15H26N4O. The highest BCUT2D eigenvalue weighted by Crippen LogP contribution is 2.24. The molecule has 0 unspecified atom stereocenters. The maximum absolute atomic E-state index is 12.5. The van der Waals surface area contributed by atoms with Crippen LogP contribution < -0.4 is 16.2 Å². The van der Waals surface area contributed by atoms with Crippen LogP contribution in [0.15, 0.2) is 17.2 Å². The normalized spacial score (nSPS) is 16.3. The lowest BCUT2D eigenvalue weighted by molar-refractivity contribution is 0.412. The Morgan fingerprint density at radius 2 is 2.15 bits per heavy atom. The Morgan fingerprint density at radius 1 is 1.40 bits per heavy atom. The van der Waals surface area contributed by atoms with Crippen molar-refractivity contribution in [2.75, 3.05) is 18.0 Å². The van der Waals surface area contributed by atoms with E-state index in [-0.39, 0.29) is 5.56 Å². The fraction of sp³-hybridized carbons (Fsp3) is 0.733. The van der Waals surface area contributed by atoms with E-state index in [1.165, 1.54) is 19.3 Å². The second-order valence-corrected chi connectivity index (χ2v) is 5.52. The van der Waals surface area contributed by atoms with E-state index in [9.17, 15) is 4.79 Å². The molecule has 1 heterocycles. The standard InChI is InChI=1S/C15H26N4O/c1-2-10-18-12-9-17-14(15(18)20)19(11-8-16)13-6-4-3-5-7-13/h9,12-13H,2-8,10-11,16H2,1H3. The van der Waals surface area contributed by atoms with Crippen molar-refractivity contribution in [1.82, 2.24) is 9.55 Å². The SMILES string of the molecule is CCCn1ccnc(N(CCN)C2CCCCC2)c1=O. The Balaban J connectivity index is 2.28. The van der Waals surface area contributed by atoms with Crippen LogP contribution in [0.2, 0.25) is 0 Å². The zero-order valence-corrected chi connectivity index (χ0v) is 12.4. The van der Waals surface area contributed by atoms with Gasteiger partial charge >= 0.3 is 0 Å². The number of hydrogen-bond donors (Lipinski definition) is 1. The first-order valence-electron chi connectivity index (χ1n) is 7.80. The van der Waals surface area contributed by atoms with Gasteiger partial charge in [0.1, 0.15) is 0 Å². The van der Waals surface area contributed by atoms with E-state index in [0.29, 0.717) is 24.9 Å². The summed E-state index contributed by atoms with van der Waals surface area (Å²) in [5.74, 6) is 0.582. The third-order valence-electron chi connectivity index (χ3n) is 4.02. The fourth-order valence-corrected chi connectivity index (χ4v) is 3.04. The monoisotopic (exact) mass is 278 g/mol. The van der Waals surface area contributed by atoms with E-state index in [2.05, 4.69) is 16.8 Å². The van der Waals surface area contributed by atoms with Gasteiger partial charge in [-0.05, 0) is 19.3 Å². The zero-order valence-electron chi connectivity index (χ0n) is 12.4. The smallest absolute Gasteiger partial charge is 0.293 e. The summed E-state index contributed by atoms with van der Waals surface area (Å²) in [4.78, 5) is 19.0. The number of hydrogen-bond acceptors (Lipinski definition) is 4. The summed E-state index contributed by atoms with van der Waals surface area (Å²) in [6.45, 7) is 4.09. The minimum Gasteiger partial charge on any atom is -0.348 e. The van der Waals surface area contributed by atoms with Gasteiger partial charge in [-0.3, -0.25) is 4.79 Å². The Labute approximate surface area is 120 Å². The summed E-state index contributed by atoms with van der Waals surface area (Å²) < 4.78 is 1.76. The molecule has 0 atom stereocenters. The first kappa shape index (κ1) is 15.0. The van der Waals surface area contributed by atoms with Crippen LogP contribution in [0.4, 0.5) is 5.82 Å². The summed E-state index contributed by atoms with van der Waals surface area (Å²) >= 11 is 0. The van der Waals surface area contributed by atoms with Crippen LogP contribution >= 0.6 is 0 Å². The van der Waals surface area contributed by atoms with Gasteiger partial charge in [0, 0.05) is 38.1 Å². The highest BCUT2D eigenvalue weighted by atomic mass is 16.1. The predicted octanol–water partition coefficient (Wildman–Crippen LogP) is 1.75. The molecular weight excluding hydrogens is 252 g/mol. The number of nitrogens with zero attached hydrogens (tertiary/aromatic N) is 3. The maximum atomic E-state index is 12.5. The molecule has 1 aromatic rings. The van der Waals surface area contributed by atoms with Crippen LogP contribution in [0.3, 0.4) is 0 Å². The van der Waals surface area contributed by atoms with E-state index in [1.54, 1.807) is 17.0 Å². The molecule has 0 saturated heterocycles. The number of anilines is 1. The average Bonchev–Trinajstić information content (AvgIpc) is 2.49. The lowest BCUT2D eigenvalue weighted by atomic mass is 9.94. The molecule has 1 fully saturated rings. The van der Waals surface area contributed by atoms with Gasteiger partial charge in [-0.2, -0.15) is 0 Å². The second-order valence-electron chi connectivity index (χ2n) is 5.52. The van der Waals surface area contributed by atoms with Crippen molar-refractivity contribution in [1.29, 1.82) is 0 Å². The largest absolute Gasteiger partial charge is 0.348 e. The van der Waals surface area contributed by atoms with Crippen molar-refractivity contribution in [2.24, 2.45) is 5.73 Å². The molecule has 20 heavy (non-hydrogen) atoms. The Kier molecular flexibility index (Phi) is 5.59. The van der Waals surface area contributed by atoms with Crippen molar-refractivity contribution in [3.8, 4) is 0 Å². The molecule has 1 saturated carbocycles. The number of rotatable bonds is 6. The van der Waals surface area contributed by atoms with Crippen LogP contribution in [0, 0.1) is 0 Å². The van der Waals surface area contributed by atoms with Crippen molar-refractivity contribution in [2.45, 2.75) is 58.0 Å². The Morgan fingerprint density at radius 3 is 2.80 bits per heavy atom. The van der Waals surface area contributed by atoms with Gasteiger partial charge in [0.25, 0.3) is 5.56 Å². The molecule has 0 aromatic carbocycles. The van der Waals surface area contributed by atoms with Crippen LogP contribution in [0.1, 0.15) is 45.4 Å². The Hall–Kier alpha value is -1.36. The van der Waals surface area contributed by atoms with Crippen LogP contribution in [-0.4, -0.2) is 28.7 Å². The summed E-state index contributed by atoms with van der Waals surface area (Å²) in [6, 6.07) is 0.421. The highest BCUT2D eigenvalue weighted by Gasteiger charge is 2.24. The van der Waals surface area contributed by atoms with Gasteiger partial charge in [-0.1, -0.05) is 26.2 Å². The van der Waals surface area contributed by atoms with Crippen molar-refractivity contribution >= 4 is 5.82 Å². The molecule has 5 heteroatoms. The minimum atomic E-state index is 0.0216. The van der Waals surface area contributed by atoms with Crippen LogP contribution in [-0.2, 0) is 6.54 Å².